The number of ketones is 1. The Bertz CT molecular complexity index is 1370. The third kappa shape index (κ3) is 7.93. The first-order chi connectivity index (χ1) is 20.3. The highest BCUT2D eigenvalue weighted by Crippen LogP contribution is 2.35. The molecule has 0 spiro atoms. The van der Waals surface area contributed by atoms with Crippen molar-refractivity contribution in [2.24, 2.45) is 22.2 Å². The van der Waals surface area contributed by atoms with Gasteiger partial charge in [-0.05, 0) is 56.4 Å². The van der Waals surface area contributed by atoms with E-state index in [1.807, 2.05) is 50.4 Å². The number of cyclic esters (lactones) is 1. The minimum Gasteiger partial charge on any atom is -0.472 e. The molecule has 2 aliphatic heterocycles. The molecular formula is C33H43ClN2O6S. The van der Waals surface area contributed by atoms with E-state index in [1.165, 1.54) is 11.3 Å². The molecule has 3 heterocycles. The van der Waals surface area contributed by atoms with Crippen LogP contribution in [-0.4, -0.2) is 63.3 Å². The van der Waals surface area contributed by atoms with Crippen molar-refractivity contribution >= 4 is 46.7 Å². The molecule has 2 aliphatic rings. The van der Waals surface area contributed by atoms with Crippen LogP contribution in [0.2, 0.25) is 5.02 Å². The van der Waals surface area contributed by atoms with Gasteiger partial charge >= 0.3 is 5.97 Å². The van der Waals surface area contributed by atoms with Crippen molar-refractivity contribution in [3.8, 4) is 0 Å². The van der Waals surface area contributed by atoms with E-state index >= 15 is 0 Å². The molecule has 10 heteroatoms. The summed E-state index contributed by atoms with van der Waals surface area (Å²) in [6, 6.07) is 7.15. The number of halogens is 1. The number of fused-ring (bicyclic) bond motifs is 1. The minimum absolute atomic E-state index is 0.156. The van der Waals surface area contributed by atoms with Crippen molar-refractivity contribution in [3.63, 3.8) is 0 Å². The Balaban J connectivity index is 1.69. The molecular weight excluding hydrogens is 588 g/mol. The number of carbonyl (C=O) groups excluding carboxylic acids is 2. The van der Waals surface area contributed by atoms with Gasteiger partial charge in [0.25, 0.3) is 0 Å². The molecule has 7 atom stereocenters. The third-order valence-electron chi connectivity index (χ3n) is 8.82. The Morgan fingerprint density at radius 2 is 1.86 bits per heavy atom. The number of aryl methyl sites for hydroxylation is 1. The number of benzene rings is 1. The number of ether oxygens (including phenoxy) is 2. The fourth-order valence-electron chi connectivity index (χ4n) is 5.86. The molecule has 234 valence electrons. The average molecular weight is 631 g/mol. The molecule has 1 fully saturated rings. The van der Waals surface area contributed by atoms with Crippen LogP contribution in [0, 0.1) is 24.2 Å². The molecule has 4 rings (SSSR count). The van der Waals surface area contributed by atoms with Crippen molar-refractivity contribution < 1.29 is 29.3 Å². The van der Waals surface area contributed by atoms with Crippen LogP contribution < -0.4 is 0 Å². The number of thiazole rings is 1. The van der Waals surface area contributed by atoms with Gasteiger partial charge in [0.05, 0.1) is 51.4 Å². The summed E-state index contributed by atoms with van der Waals surface area (Å²) in [5.74, 6) is -1.34. The van der Waals surface area contributed by atoms with Crippen LogP contribution in [0.25, 0.3) is 6.08 Å². The van der Waals surface area contributed by atoms with Crippen LogP contribution in [0.15, 0.2) is 40.2 Å². The van der Waals surface area contributed by atoms with Crippen LogP contribution >= 0.6 is 22.9 Å². The van der Waals surface area contributed by atoms with E-state index in [0.717, 1.165) is 22.7 Å². The first-order valence-electron chi connectivity index (χ1n) is 15.0. The number of esters is 1. The van der Waals surface area contributed by atoms with Crippen LogP contribution in [0.1, 0.15) is 83.0 Å². The molecule has 1 aromatic heterocycles. The van der Waals surface area contributed by atoms with E-state index in [1.54, 1.807) is 26.8 Å². The van der Waals surface area contributed by atoms with Crippen molar-refractivity contribution in [1.82, 2.24) is 4.98 Å². The number of hydrogen-bond donors (Lipinski definition) is 2. The quantitative estimate of drug-likeness (QED) is 0.388. The number of Topliss-reactive ketones (excluding diaryl/α,β-unsaturated/α-hetero) is 1. The summed E-state index contributed by atoms with van der Waals surface area (Å²) in [5, 5.41) is 25.5. The number of aliphatic hydroxyl groups excluding tert-OH is 2. The standard InChI is InChI=1S/C33H43ClN2O6S/c1-18-10-9-13-25-27(42-32(36-25)23-11-7-8-12-24(23)34)15-26(19(2)14-22-17-43-21(4)35-22)41-29(38)16-28(37)33(5,6)31(40)20(3)30(18)39/h7-8,11-12,14,17-18,20,25-28,30,37,39H,9-10,13,15-16H2,1-6H3/b19-14+/t18-,20+,25?,26-,27-,28-,30-/m0/s1. The second-order valence-electron chi connectivity index (χ2n) is 12.5. The van der Waals surface area contributed by atoms with Crippen LogP contribution in [0.5, 0.6) is 0 Å². The largest absolute Gasteiger partial charge is 0.472 e. The van der Waals surface area contributed by atoms with Crippen molar-refractivity contribution in [1.29, 1.82) is 0 Å². The zero-order valence-electron chi connectivity index (χ0n) is 25.7. The van der Waals surface area contributed by atoms with Gasteiger partial charge in [0.15, 0.2) is 0 Å². The molecule has 0 aliphatic carbocycles. The highest BCUT2D eigenvalue weighted by atomic mass is 35.5. The van der Waals surface area contributed by atoms with E-state index < -0.39 is 41.7 Å². The topological polar surface area (TPSA) is 118 Å². The normalized spacial score (nSPS) is 31.1. The molecule has 1 unspecified atom stereocenters. The van der Waals surface area contributed by atoms with Gasteiger partial charge < -0.3 is 19.7 Å². The van der Waals surface area contributed by atoms with Crippen molar-refractivity contribution in [3.05, 3.63) is 56.5 Å². The van der Waals surface area contributed by atoms with Crippen molar-refractivity contribution in [2.45, 2.75) is 104 Å². The summed E-state index contributed by atoms with van der Waals surface area (Å²) < 4.78 is 12.4. The van der Waals surface area contributed by atoms with E-state index in [-0.39, 0.29) is 24.2 Å². The van der Waals surface area contributed by atoms with Gasteiger partial charge in [-0.25, -0.2) is 9.98 Å². The van der Waals surface area contributed by atoms with Gasteiger partial charge in [-0.3, -0.25) is 9.59 Å². The van der Waals surface area contributed by atoms with Crippen LogP contribution in [-0.2, 0) is 19.1 Å². The summed E-state index contributed by atoms with van der Waals surface area (Å²) >= 11 is 8.03. The molecule has 0 radical (unpaired) electrons. The predicted molar refractivity (Wildman–Crippen MR) is 169 cm³/mol. The maximum atomic E-state index is 13.4. The smallest absolute Gasteiger partial charge is 0.309 e. The zero-order chi connectivity index (χ0) is 31.5. The van der Waals surface area contributed by atoms with Crippen LogP contribution in [0.3, 0.4) is 0 Å². The number of rotatable bonds is 3. The Labute approximate surface area is 263 Å². The fraction of sp³-hybridized carbons (Fsp3) is 0.576. The first-order valence-corrected chi connectivity index (χ1v) is 16.2. The Morgan fingerprint density at radius 1 is 1.14 bits per heavy atom. The number of aliphatic imine (C=N–C) groups is 1. The second kappa shape index (κ2) is 14.0. The molecule has 0 bridgehead atoms. The van der Waals surface area contributed by atoms with Crippen molar-refractivity contribution in [2.75, 3.05) is 0 Å². The summed E-state index contributed by atoms with van der Waals surface area (Å²) in [6.45, 7) is 10.7. The van der Waals surface area contributed by atoms with Gasteiger partial charge in [0, 0.05) is 17.7 Å². The molecule has 1 aromatic carbocycles. The minimum atomic E-state index is -1.29. The molecule has 43 heavy (non-hydrogen) atoms. The second-order valence-corrected chi connectivity index (χ2v) is 14.0. The Hall–Kier alpha value is -2.59. The molecule has 0 amide bonds. The van der Waals surface area contributed by atoms with E-state index in [0.29, 0.717) is 35.7 Å². The zero-order valence-corrected chi connectivity index (χ0v) is 27.3. The van der Waals surface area contributed by atoms with Gasteiger partial charge in [0.2, 0.25) is 5.90 Å². The summed E-state index contributed by atoms with van der Waals surface area (Å²) in [7, 11) is 0. The number of nitrogens with zero attached hydrogens (tertiary/aromatic N) is 2. The van der Waals surface area contributed by atoms with Gasteiger partial charge in [0.1, 0.15) is 18.0 Å². The Morgan fingerprint density at radius 3 is 2.53 bits per heavy atom. The van der Waals surface area contributed by atoms with Crippen LogP contribution in [0.4, 0.5) is 0 Å². The molecule has 2 aromatic rings. The van der Waals surface area contributed by atoms with Gasteiger partial charge in [-0.1, -0.05) is 57.8 Å². The van der Waals surface area contributed by atoms with E-state index in [4.69, 9.17) is 26.1 Å². The first kappa shape index (κ1) is 33.3. The SMILES string of the molecule is C/C(=C\c1csc(C)n1)[C@@H]1C[C@@H]2OC(c3ccccc3Cl)=NC2CCC[C@H](C)[C@H](O)[C@@H](C)C(=O)C(C)(C)[C@@H](O)CC(=O)O1. The summed E-state index contributed by atoms with van der Waals surface area (Å²) in [4.78, 5) is 36.2. The average Bonchev–Trinajstić information content (AvgIpc) is 3.55. The van der Waals surface area contributed by atoms with E-state index in [2.05, 4.69) is 4.98 Å². The van der Waals surface area contributed by atoms with Gasteiger partial charge in [-0.2, -0.15) is 0 Å². The summed E-state index contributed by atoms with van der Waals surface area (Å²) in [6.07, 6.45) is 0.700. The third-order valence-corrected chi connectivity index (χ3v) is 9.94. The summed E-state index contributed by atoms with van der Waals surface area (Å²) in [5.41, 5.74) is 0.992. The number of hydrogen-bond acceptors (Lipinski definition) is 9. The lowest BCUT2D eigenvalue weighted by Crippen LogP contribution is -2.46. The highest BCUT2D eigenvalue weighted by Gasteiger charge is 2.43. The lowest BCUT2D eigenvalue weighted by Gasteiger charge is -2.34. The maximum Gasteiger partial charge on any atom is 0.309 e. The Kier molecular flexibility index (Phi) is 10.9. The lowest BCUT2D eigenvalue weighted by molar-refractivity contribution is -0.155. The lowest BCUT2D eigenvalue weighted by atomic mass is 9.73. The number of aliphatic hydroxyl groups is 2. The number of carbonyl (C=O) groups is 2. The highest BCUT2D eigenvalue weighted by molar-refractivity contribution is 7.09. The predicted octanol–water partition coefficient (Wildman–Crippen LogP) is 6.19. The molecule has 1 saturated heterocycles. The van der Waals surface area contributed by atoms with Gasteiger partial charge in [-0.15, -0.1) is 11.3 Å². The molecule has 2 N–H and O–H groups in total. The number of aromatic nitrogens is 1. The fourth-order valence-corrected chi connectivity index (χ4v) is 6.65. The monoisotopic (exact) mass is 630 g/mol. The molecule has 0 saturated carbocycles. The maximum absolute atomic E-state index is 13.4. The molecule has 8 nitrogen and oxygen atoms in total. The van der Waals surface area contributed by atoms with E-state index in [9.17, 15) is 19.8 Å².